The summed E-state index contributed by atoms with van der Waals surface area (Å²) < 4.78 is 16.2. The number of methoxy groups -OCH3 is 1. The number of rotatable bonds is 6. The van der Waals surface area contributed by atoms with Gasteiger partial charge in [0.05, 0.1) is 32.3 Å². The zero-order valence-electron chi connectivity index (χ0n) is 14.9. The van der Waals surface area contributed by atoms with E-state index in [9.17, 15) is 9.59 Å². The number of carbonyl (C=O) groups excluding carboxylic acids is 2. The second-order valence-corrected chi connectivity index (χ2v) is 5.88. The molecule has 9 heteroatoms. The van der Waals surface area contributed by atoms with E-state index < -0.39 is 5.91 Å². The van der Waals surface area contributed by atoms with E-state index in [1.807, 2.05) is 0 Å². The molecule has 2 N–H and O–H groups in total. The highest BCUT2D eigenvalue weighted by Crippen LogP contribution is 2.31. The number of nitrogens with zero attached hydrogens (tertiary/aromatic N) is 3. The van der Waals surface area contributed by atoms with Crippen molar-refractivity contribution in [1.29, 1.82) is 0 Å². The van der Waals surface area contributed by atoms with Gasteiger partial charge in [-0.05, 0) is 17.7 Å². The number of nitrogens with two attached hydrogens (primary N) is 1. The highest BCUT2D eigenvalue weighted by molar-refractivity contribution is 5.92. The summed E-state index contributed by atoms with van der Waals surface area (Å²) in [6, 6.07) is 5.27. The van der Waals surface area contributed by atoms with E-state index in [2.05, 4.69) is 9.97 Å². The van der Waals surface area contributed by atoms with Crippen molar-refractivity contribution in [3.05, 3.63) is 41.7 Å². The van der Waals surface area contributed by atoms with Gasteiger partial charge in [0.2, 0.25) is 5.91 Å². The van der Waals surface area contributed by atoms with Crippen LogP contribution in [0.3, 0.4) is 0 Å². The molecule has 3 rings (SSSR count). The molecule has 1 aliphatic heterocycles. The van der Waals surface area contributed by atoms with Crippen LogP contribution in [0.25, 0.3) is 0 Å². The maximum atomic E-state index is 12.4. The molecule has 142 valence electrons. The molecule has 0 radical (unpaired) electrons. The van der Waals surface area contributed by atoms with Crippen molar-refractivity contribution in [1.82, 2.24) is 14.9 Å². The SMILES string of the molecule is COc1cc(CC(=O)N2CCOCC2)ccc1Oc1ncc(C(N)=O)cn1. The van der Waals surface area contributed by atoms with Crippen LogP contribution >= 0.6 is 0 Å². The molecule has 0 saturated carbocycles. The molecule has 9 nitrogen and oxygen atoms in total. The first kappa shape index (κ1) is 18.6. The first-order valence-electron chi connectivity index (χ1n) is 8.39. The fraction of sp³-hybridized carbons (Fsp3) is 0.333. The lowest BCUT2D eigenvalue weighted by atomic mass is 10.1. The maximum Gasteiger partial charge on any atom is 0.322 e. The van der Waals surface area contributed by atoms with E-state index in [1.165, 1.54) is 19.5 Å². The summed E-state index contributed by atoms with van der Waals surface area (Å²) in [5.74, 6) is 0.268. The Morgan fingerprint density at radius 2 is 1.89 bits per heavy atom. The number of aromatic nitrogens is 2. The minimum atomic E-state index is -0.617. The molecule has 0 bridgehead atoms. The predicted molar refractivity (Wildman–Crippen MR) is 94.7 cm³/mol. The third-order valence-electron chi connectivity index (χ3n) is 4.06. The lowest BCUT2D eigenvalue weighted by Crippen LogP contribution is -2.41. The van der Waals surface area contributed by atoms with Gasteiger partial charge in [0.15, 0.2) is 11.5 Å². The van der Waals surface area contributed by atoms with E-state index >= 15 is 0 Å². The monoisotopic (exact) mass is 372 g/mol. The van der Waals surface area contributed by atoms with Crippen molar-refractivity contribution in [3.8, 4) is 17.5 Å². The van der Waals surface area contributed by atoms with Crippen molar-refractivity contribution in [3.63, 3.8) is 0 Å². The minimum Gasteiger partial charge on any atom is -0.493 e. The largest absolute Gasteiger partial charge is 0.493 e. The Morgan fingerprint density at radius 1 is 1.19 bits per heavy atom. The Morgan fingerprint density at radius 3 is 2.52 bits per heavy atom. The third kappa shape index (κ3) is 4.70. The average Bonchev–Trinajstić information content (AvgIpc) is 2.70. The summed E-state index contributed by atoms with van der Waals surface area (Å²) in [5, 5.41) is 0. The second kappa shape index (κ2) is 8.45. The van der Waals surface area contributed by atoms with Gasteiger partial charge >= 0.3 is 6.01 Å². The zero-order valence-corrected chi connectivity index (χ0v) is 14.9. The van der Waals surface area contributed by atoms with Crippen LogP contribution in [-0.4, -0.2) is 60.1 Å². The summed E-state index contributed by atoms with van der Waals surface area (Å²) in [5.41, 5.74) is 6.15. The Bertz CT molecular complexity index is 819. The van der Waals surface area contributed by atoms with Crippen LogP contribution in [0.15, 0.2) is 30.6 Å². The van der Waals surface area contributed by atoms with Gasteiger partial charge in [0.1, 0.15) is 0 Å². The fourth-order valence-electron chi connectivity index (χ4n) is 2.60. The Balaban J connectivity index is 1.70. The van der Waals surface area contributed by atoms with Crippen LogP contribution in [0, 0.1) is 0 Å². The molecule has 1 aromatic carbocycles. The Kier molecular flexibility index (Phi) is 5.82. The lowest BCUT2D eigenvalue weighted by molar-refractivity contribution is -0.134. The summed E-state index contributed by atoms with van der Waals surface area (Å²) in [6.45, 7) is 2.35. The van der Waals surface area contributed by atoms with Gasteiger partial charge in [-0.2, -0.15) is 0 Å². The standard InChI is InChI=1S/C18H20N4O5/c1-25-15-8-12(9-16(23)22-4-6-26-7-5-22)2-3-14(15)27-18-20-10-13(11-21-18)17(19)24/h2-3,8,10-11H,4-7,9H2,1H3,(H2,19,24). The number of primary amides is 1. The highest BCUT2D eigenvalue weighted by atomic mass is 16.5. The lowest BCUT2D eigenvalue weighted by Gasteiger charge is -2.27. The van der Waals surface area contributed by atoms with Gasteiger partial charge in [-0.25, -0.2) is 9.97 Å². The van der Waals surface area contributed by atoms with Crippen LogP contribution in [-0.2, 0) is 16.0 Å². The number of ether oxygens (including phenoxy) is 3. The molecule has 2 amide bonds. The van der Waals surface area contributed by atoms with Crippen molar-refractivity contribution < 1.29 is 23.8 Å². The van der Waals surface area contributed by atoms with Crippen LogP contribution in [0.5, 0.6) is 17.5 Å². The van der Waals surface area contributed by atoms with Gasteiger partial charge in [-0.3, -0.25) is 9.59 Å². The number of carbonyl (C=O) groups is 2. The summed E-state index contributed by atoms with van der Waals surface area (Å²) in [4.78, 5) is 33.1. The summed E-state index contributed by atoms with van der Waals surface area (Å²) in [7, 11) is 1.51. The molecule has 1 saturated heterocycles. The zero-order chi connectivity index (χ0) is 19.2. The smallest absolute Gasteiger partial charge is 0.322 e. The number of morpholine rings is 1. The van der Waals surface area contributed by atoms with Crippen molar-refractivity contribution in [2.24, 2.45) is 5.73 Å². The van der Waals surface area contributed by atoms with Gasteiger partial charge in [0, 0.05) is 25.5 Å². The van der Waals surface area contributed by atoms with Crippen LogP contribution in [0.4, 0.5) is 0 Å². The Labute approximate surface area is 156 Å². The molecule has 27 heavy (non-hydrogen) atoms. The summed E-state index contributed by atoms with van der Waals surface area (Å²) >= 11 is 0. The molecule has 1 fully saturated rings. The first-order valence-corrected chi connectivity index (χ1v) is 8.39. The molecule has 2 heterocycles. The molecular weight excluding hydrogens is 352 g/mol. The van der Waals surface area contributed by atoms with Crippen molar-refractivity contribution >= 4 is 11.8 Å². The summed E-state index contributed by atoms with van der Waals surface area (Å²) in [6.07, 6.45) is 2.83. The normalized spacial score (nSPS) is 13.9. The quantitative estimate of drug-likeness (QED) is 0.796. The predicted octanol–water partition coefficient (Wildman–Crippen LogP) is 0.778. The van der Waals surface area contributed by atoms with Crippen LogP contribution in [0.1, 0.15) is 15.9 Å². The Hall–Kier alpha value is -3.20. The number of benzene rings is 1. The van der Waals surface area contributed by atoms with E-state index in [0.717, 1.165) is 5.56 Å². The van der Waals surface area contributed by atoms with Gasteiger partial charge in [0.25, 0.3) is 5.91 Å². The molecule has 0 atom stereocenters. The molecule has 1 aromatic heterocycles. The van der Waals surface area contributed by atoms with E-state index in [1.54, 1.807) is 23.1 Å². The van der Waals surface area contributed by atoms with Gasteiger partial charge in [-0.15, -0.1) is 0 Å². The molecule has 2 aromatic rings. The average molecular weight is 372 g/mol. The molecule has 0 unspecified atom stereocenters. The second-order valence-electron chi connectivity index (χ2n) is 5.88. The van der Waals surface area contributed by atoms with Gasteiger partial charge < -0.3 is 24.8 Å². The van der Waals surface area contributed by atoms with E-state index in [4.69, 9.17) is 19.9 Å². The fourth-order valence-corrected chi connectivity index (χ4v) is 2.60. The molecule has 1 aliphatic rings. The molecule has 0 spiro atoms. The van der Waals surface area contributed by atoms with Crippen LogP contribution in [0.2, 0.25) is 0 Å². The van der Waals surface area contributed by atoms with Crippen molar-refractivity contribution in [2.75, 3.05) is 33.4 Å². The van der Waals surface area contributed by atoms with Gasteiger partial charge in [-0.1, -0.05) is 6.07 Å². The maximum absolute atomic E-state index is 12.4. The first-order chi connectivity index (χ1) is 13.1. The molecule has 0 aliphatic carbocycles. The number of hydrogen-bond donors (Lipinski definition) is 1. The minimum absolute atomic E-state index is 0.0411. The number of hydrogen-bond acceptors (Lipinski definition) is 7. The van der Waals surface area contributed by atoms with Crippen molar-refractivity contribution in [2.45, 2.75) is 6.42 Å². The molecular formula is C18H20N4O5. The van der Waals surface area contributed by atoms with E-state index in [0.29, 0.717) is 37.8 Å². The third-order valence-corrected chi connectivity index (χ3v) is 4.06. The number of amides is 2. The topological polar surface area (TPSA) is 117 Å². The van der Waals surface area contributed by atoms with Crippen LogP contribution < -0.4 is 15.2 Å². The van der Waals surface area contributed by atoms with E-state index in [-0.39, 0.29) is 23.9 Å². The highest BCUT2D eigenvalue weighted by Gasteiger charge is 2.18.